The summed E-state index contributed by atoms with van der Waals surface area (Å²) in [6.45, 7) is 1.55. The van der Waals surface area contributed by atoms with Crippen molar-refractivity contribution in [2.45, 2.75) is 44.2 Å². The third kappa shape index (κ3) is 4.24. The third-order valence-electron chi connectivity index (χ3n) is 5.63. The molecule has 0 spiro atoms. The summed E-state index contributed by atoms with van der Waals surface area (Å²) in [6.07, 6.45) is 11.5. The minimum Gasteiger partial charge on any atom is -0.352 e. The lowest BCUT2D eigenvalue weighted by atomic mass is 9.90. The van der Waals surface area contributed by atoms with Crippen molar-refractivity contribution in [2.24, 2.45) is 13.0 Å². The number of hydrogen-bond donors (Lipinski definition) is 3. The lowest BCUT2D eigenvalue weighted by Crippen LogP contribution is -2.35. The van der Waals surface area contributed by atoms with Gasteiger partial charge in [-0.2, -0.15) is 10.2 Å². The highest BCUT2D eigenvalue weighted by molar-refractivity contribution is 5.93. The Labute approximate surface area is 163 Å². The standard InChI is InChI=1S/C19H27N7O2/c1-25-10-13(6-21-25)16-8-20-9-17(16)19(28)24-15-7-22-26(11-15)12-18(27)23-14-4-2-3-5-14/h6-7,10-11,14,16-17,20H,2-5,8-9,12H2,1H3,(H,23,27)(H,24,28)/t16-,17+/m1/s1. The number of carbonyl (C=O) groups is 2. The van der Waals surface area contributed by atoms with Gasteiger partial charge in [-0.3, -0.25) is 19.0 Å². The van der Waals surface area contributed by atoms with Crippen LogP contribution in [0.5, 0.6) is 0 Å². The van der Waals surface area contributed by atoms with Gasteiger partial charge in [0.2, 0.25) is 11.8 Å². The third-order valence-corrected chi connectivity index (χ3v) is 5.63. The van der Waals surface area contributed by atoms with Gasteiger partial charge < -0.3 is 16.0 Å². The van der Waals surface area contributed by atoms with Crippen LogP contribution in [-0.2, 0) is 23.2 Å². The molecule has 2 amide bonds. The number of amides is 2. The Bertz CT molecular complexity index is 837. The number of rotatable bonds is 6. The van der Waals surface area contributed by atoms with Crippen molar-refractivity contribution in [3.8, 4) is 0 Å². The molecule has 0 unspecified atom stereocenters. The molecular weight excluding hydrogens is 358 g/mol. The van der Waals surface area contributed by atoms with Gasteiger partial charge in [0.1, 0.15) is 6.54 Å². The van der Waals surface area contributed by atoms with Crippen molar-refractivity contribution in [2.75, 3.05) is 18.4 Å². The number of aryl methyl sites for hydroxylation is 1. The lowest BCUT2D eigenvalue weighted by molar-refractivity contribution is -0.122. The van der Waals surface area contributed by atoms with Gasteiger partial charge in [0.05, 0.1) is 24.0 Å². The fraction of sp³-hybridized carbons (Fsp3) is 0.579. The number of carbonyl (C=O) groups excluding carboxylic acids is 2. The van der Waals surface area contributed by atoms with Gasteiger partial charge in [0, 0.05) is 44.5 Å². The van der Waals surface area contributed by atoms with E-state index in [-0.39, 0.29) is 30.2 Å². The maximum Gasteiger partial charge on any atom is 0.241 e. The maximum absolute atomic E-state index is 12.8. The smallest absolute Gasteiger partial charge is 0.241 e. The second-order valence-electron chi connectivity index (χ2n) is 7.78. The van der Waals surface area contributed by atoms with E-state index in [4.69, 9.17) is 0 Å². The van der Waals surface area contributed by atoms with E-state index in [1.165, 1.54) is 12.8 Å². The molecule has 3 N–H and O–H groups in total. The molecular formula is C19H27N7O2. The van der Waals surface area contributed by atoms with Crippen LogP contribution in [0.2, 0.25) is 0 Å². The van der Waals surface area contributed by atoms with Gasteiger partial charge in [-0.05, 0) is 18.4 Å². The van der Waals surface area contributed by atoms with Gasteiger partial charge in [0.15, 0.2) is 0 Å². The zero-order chi connectivity index (χ0) is 19.5. The Morgan fingerprint density at radius 2 is 2.00 bits per heavy atom. The Kier molecular flexibility index (Phi) is 5.43. The summed E-state index contributed by atoms with van der Waals surface area (Å²) in [4.78, 5) is 24.9. The zero-order valence-electron chi connectivity index (χ0n) is 16.1. The maximum atomic E-state index is 12.8. The van der Waals surface area contributed by atoms with Crippen molar-refractivity contribution >= 4 is 17.5 Å². The summed E-state index contributed by atoms with van der Waals surface area (Å²) in [5.41, 5.74) is 1.67. The number of aromatic nitrogens is 4. The molecule has 4 rings (SSSR count). The van der Waals surface area contributed by atoms with Crippen molar-refractivity contribution < 1.29 is 9.59 Å². The zero-order valence-corrected chi connectivity index (χ0v) is 16.1. The lowest BCUT2D eigenvalue weighted by Gasteiger charge is -2.16. The Hall–Kier alpha value is -2.68. The predicted octanol–water partition coefficient (Wildman–Crippen LogP) is 0.617. The summed E-state index contributed by atoms with van der Waals surface area (Å²) >= 11 is 0. The molecule has 2 aromatic rings. The van der Waals surface area contributed by atoms with Gasteiger partial charge in [-0.1, -0.05) is 12.8 Å². The van der Waals surface area contributed by atoms with Gasteiger partial charge in [0.25, 0.3) is 0 Å². The van der Waals surface area contributed by atoms with Crippen LogP contribution in [-0.4, -0.2) is 50.5 Å². The van der Waals surface area contributed by atoms with Crippen LogP contribution in [0.4, 0.5) is 5.69 Å². The average Bonchev–Trinajstić information content (AvgIpc) is 3.41. The number of anilines is 1. The second-order valence-corrected chi connectivity index (χ2v) is 7.78. The molecule has 1 aliphatic heterocycles. The van der Waals surface area contributed by atoms with Crippen LogP contribution >= 0.6 is 0 Å². The van der Waals surface area contributed by atoms with E-state index in [2.05, 4.69) is 26.1 Å². The molecule has 2 fully saturated rings. The summed E-state index contributed by atoms with van der Waals surface area (Å²) in [6, 6.07) is 0.293. The number of nitrogens with one attached hydrogen (secondary N) is 3. The van der Waals surface area contributed by atoms with Crippen molar-refractivity contribution in [3.05, 3.63) is 30.4 Å². The first-order valence-electron chi connectivity index (χ1n) is 9.90. The monoisotopic (exact) mass is 385 g/mol. The van der Waals surface area contributed by atoms with Gasteiger partial charge in [-0.25, -0.2) is 0 Å². The van der Waals surface area contributed by atoms with Crippen LogP contribution in [0.1, 0.15) is 37.2 Å². The highest BCUT2D eigenvalue weighted by Gasteiger charge is 2.34. The molecule has 1 aliphatic carbocycles. The summed E-state index contributed by atoms with van der Waals surface area (Å²) in [5.74, 6) is -0.155. The topological polar surface area (TPSA) is 106 Å². The SMILES string of the molecule is Cn1cc([C@H]2CNC[C@@H]2C(=O)Nc2cnn(CC(=O)NC3CCCC3)c2)cn1. The van der Waals surface area contributed by atoms with E-state index in [0.29, 0.717) is 18.3 Å². The van der Waals surface area contributed by atoms with E-state index < -0.39 is 0 Å². The molecule has 0 radical (unpaired) electrons. The molecule has 0 aromatic carbocycles. The Morgan fingerprint density at radius 3 is 2.75 bits per heavy atom. The largest absolute Gasteiger partial charge is 0.352 e. The molecule has 2 aliphatic rings. The highest BCUT2D eigenvalue weighted by Crippen LogP contribution is 2.28. The van der Waals surface area contributed by atoms with Gasteiger partial charge >= 0.3 is 0 Å². The van der Waals surface area contributed by atoms with Crippen molar-refractivity contribution in [1.29, 1.82) is 0 Å². The number of nitrogens with zero attached hydrogens (tertiary/aromatic N) is 4. The van der Waals surface area contributed by atoms with Crippen LogP contribution in [0, 0.1) is 5.92 Å². The van der Waals surface area contributed by atoms with E-state index in [0.717, 1.165) is 24.9 Å². The van der Waals surface area contributed by atoms with Crippen LogP contribution in [0.15, 0.2) is 24.8 Å². The quantitative estimate of drug-likeness (QED) is 0.676. The first-order valence-corrected chi connectivity index (χ1v) is 9.90. The molecule has 2 atom stereocenters. The number of hydrogen-bond acceptors (Lipinski definition) is 5. The molecule has 9 nitrogen and oxygen atoms in total. The highest BCUT2D eigenvalue weighted by atomic mass is 16.2. The van der Waals surface area contributed by atoms with Gasteiger partial charge in [-0.15, -0.1) is 0 Å². The molecule has 1 saturated heterocycles. The molecule has 150 valence electrons. The fourth-order valence-corrected chi connectivity index (χ4v) is 4.18. The molecule has 3 heterocycles. The van der Waals surface area contributed by atoms with E-state index >= 15 is 0 Å². The normalized spacial score (nSPS) is 22.5. The van der Waals surface area contributed by atoms with Crippen LogP contribution in [0.25, 0.3) is 0 Å². The molecule has 2 aromatic heterocycles. The minimum absolute atomic E-state index is 0.0375. The average molecular weight is 385 g/mol. The summed E-state index contributed by atoms with van der Waals surface area (Å²) < 4.78 is 3.31. The van der Waals surface area contributed by atoms with Crippen molar-refractivity contribution in [3.63, 3.8) is 0 Å². The molecule has 28 heavy (non-hydrogen) atoms. The Balaban J connectivity index is 1.32. The first kappa shape index (κ1) is 18.7. The van der Waals surface area contributed by atoms with E-state index in [1.807, 2.05) is 19.4 Å². The molecule has 9 heteroatoms. The van der Waals surface area contributed by atoms with Crippen molar-refractivity contribution in [1.82, 2.24) is 30.2 Å². The van der Waals surface area contributed by atoms with Crippen LogP contribution in [0.3, 0.4) is 0 Å². The molecule has 1 saturated carbocycles. The van der Waals surface area contributed by atoms with Crippen LogP contribution < -0.4 is 16.0 Å². The Morgan fingerprint density at radius 1 is 1.18 bits per heavy atom. The van der Waals surface area contributed by atoms with E-state index in [1.54, 1.807) is 21.8 Å². The summed E-state index contributed by atoms with van der Waals surface area (Å²) in [7, 11) is 1.87. The van der Waals surface area contributed by atoms with E-state index in [9.17, 15) is 9.59 Å². The minimum atomic E-state index is -0.168. The predicted molar refractivity (Wildman–Crippen MR) is 104 cm³/mol. The fourth-order valence-electron chi connectivity index (χ4n) is 4.18. The summed E-state index contributed by atoms with van der Waals surface area (Å²) in [5, 5.41) is 17.7. The second kappa shape index (κ2) is 8.14. The molecule has 0 bridgehead atoms. The first-order chi connectivity index (χ1) is 13.6.